The molecule has 0 radical (unpaired) electrons. The molecular formula is C9H6Cl2O2. The van der Waals surface area contributed by atoms with E-state index < -0.39 is 5.97 Å². The van der Waals surface area contributed by atoms with Crippen LogP contribution >= 0.6 is 23.2 Å². The summed E-state index contributed by atoms with van der Waals surface area (Å²) in [6, 6.07) is 4.86. The van der Waals surface area contributed by atoms with Crippen molar-refractivity contribution in [3.63, 3.8) is 0 Å². The van der Waals surface area contributed by atoms with E-state index in [1.54, 1.807) is 18.2 Å². The number of hydrogen-bond donors (Lipinski definition) is 1. The SMILES string of the molecule is O=C(O)/C=C\c1cc(Cl)ccc1Cl. The molecule has 0 unspecified atom stereocenters. The average Bonchev–Trinajstić information content (AvgIpc) is 2.06. The second-order valence-corrected chi connectivity index (χ2v) is 3.18. The summed E-state index contributed by atoms with van der Waals surface area (Å²) in [5.74, 6) is -1.02. The minimum absolute atomic E-state index is 0.474. The molecule has 1 aromatic carbocycles. The molecule has 13 heavy (non-hydrogen) atoms. The van der Waals surface area contributed by atoms with Gasteiger partial charge in [-0.2, -0.15) is 0 Å². The lowest BCUT2D eigenvalue weighted by Crippen LogP contribution is -1.86. The van der Waals surface area contributed by atoms with Crippen LogP contribution in [0.25, 0.3) is 6.08 Å². The zero-order valence-electron chi connectivity index (χ0n) is 6.50. The van der Waals surface area contributed by atoms with Crippen LogP contribution in [-0.4, -0.2) is 11.1 Å². The quantitative estimate of drug-likeness (QED) is 0.772. The highest BCUT2D eigenvalue weighted by atomic mass is 35.5. The van der Waals surface area contributed by atoms with Crippen molar-refractivity contribution in [3.8, 4) is 0 Å². The first kappa shape index (κ1) is 10.1. The first-order valence-electron chi connectivity index (χ1n) is 3.45. The summed E-state index contributed by atoms with van der Waals surface area (Å²) in [5.41, 5.74) is 0.594. The molecule has 0 aliphatic rings. The van der Waals surface area contributed by atoms with Crippen LogP contribution in [0.15, 0.2) is 24.3 Å². The van der Waals surface area contributed by atoms with Crippen molar-refractivity contribution in [2.45, 2.75) is 0 Å². The van der Waals surface area contributed by atoms with E-state index in [4.69, 9.17) is 28.3 Å². The monoisotopic (exact) mass is 216 g/mol. The van der Waals surface area contributed by atoms with Gasteiger partial charge in [-0.15, -0.1) is 0 Å². The highest BCUT2D eigenvalue weighted by molar-refractivity contribution is 6.34. The molecule has 0 spiro atoms. The van der Waals surface area contributed by atoms with E-state index in [1.807, 2.05) is 0 Å². The third-order valence-electron chi connectivity index (χ3n) is 1.36. The Labute approximate surface area is 85.4 Å². The zero-order valence-corrected chi connectivity index (χ0v) is 8.01. The van der Waals surface area contributed by atoms with Crippen LogP contribution in [0, 0.1) is 0 Å². The molecule has 0 bridgehead atoms. The Hall–Kier alpha value is -0.990. The first-order chi connectivity index (χ1) is 6.09. The van der Waals surface area contributed by atoms with Gasteiger partial charge in [-0.05, 0) is 29.8 Å². The van der Waals surface area contributed by atoms with Crippen LogP contribution in [0.3, 0.4) is 0 Å². The molecule has 68 valence electrons. The molecule has 4 heteroatoms. The Morgan fingerprint density at radius 1 is 1.38 bits per heavy atom. The summed E-state index contributed by atoms with van der Waals surface area (Å²) in [6.07, 6.45) is 2.41. The number of aliphatic carboxylic acids is 1. The molecule has 2 nitrogen and oxygen atoms in total. The molecule has 0 aliphatic carbocycles. The van der Waals surface area contributed by atoms with Crippen LogP contribution < -0.4 is 0 Å². The third-order valence-corrected chi connectivity index (χ3v) is 1.94. The molecule has 0 amide bonds. The molecule has 1 N–H and O–H groups in total. The van der Waals surface area contributed by atoms with Crippen molar-refractivity contribution >= 4 is 35.2 Å². The lowest BCUT2D eigenvalue weighted by molar-refractivity contribution is -0.131. The summed E-state index contributed by atoms with van der Waals surface area (Å²) >= 11 is 11.5. The second-order valence-electron chi connectivity index (χ2n) is 2.34. The van der Waals surface area contributed by atoms with Crippen molar-refractivity contribution in [2.24, 2.45) is 0 Å². The Morgan fingerprint density at radius 2 is 2.08 bits per heavy atom. The van der Waals surface area contributed by atoms with Crippen molar-refractivity contribution in [3.05, 3.63) is 39.9 Å². The predicted molar refractivity (Wildman–Crippen MR) is 53.1 cm³/mol. The maximum Gasteiger partial charge on any atom is 0.328 e. The summed E-state index contributed by atoms with van der Waals surface area (Å²) in [5, 5.41) is 9.37. The van der Waals surface area contributed by atoms with Gasteiger partial charge in [0.25, 0.3) is 0 Å². The lowest BCUT2D eigenvalue weighted by atomic mass is 10.2. The van der Waals surface area contributed by atoms with Gasteiger partial charge >= 0.3 is 5.97 Å². The highest BCUT2D eigenvalue weighted by Crippen LogP contribution is 2.21. The normalized spacial score (nSPS) is 10.6. The van der Waals surface area contributed by atoms with Gasteiger partial charge in [0.05, 0.1) is 0 Å². The Kier molecular flexibility index (Phi) is 3.34. The molecular weight excluding hydrogens is 211 g/mol. The zero-order chi connectivity index (χ0) is 9.84. The van der Waals surface area contributed by atoms with E-state index in [1.165, 1.54) is 6.08 Å². The fraction of sp³-hybridized carbons (Fsp3) is 0. The van der Waals surface area contributed by atoms with Gasteiger partial charge in [0.15, 0.2) is 0 Å². The standard InChI is InChI=1S/C9H6Cl2O2/c10-7-2-3-8(11)6(5-7)1-4-9(12)13/h1-5H,(H,12,13)/b4-1-. The second kappa shape index (κ2) is 4.30. The summed E-state index contributed by atoms with van der Waals surface area (Å²) in [7, 11) is 0. The predicted octanol–water partition coefficient (Wildman–Crippen LogP) is 3.09. The Balaban J connectivity index is 3.00. The molecule has 0 aromatic heterocycles. The van der Waals surface area contributed by atoms with Gasteiger partial charge in [-0.1, -0.05) is 23.2 Å². The summed E-state index contributed by atoms with van der Waals surface area (Å²) < 4.78 is 0. The van der Waals surface area contributed by atoms with E-state index in [0.717, 1.165) is 6.08 Å². The van der Waals surface area contributed by atoms with Crippen LogP contribution in [0.1, 0.15) is 5.56 Å². The van der Waals surface area contributed by atoms with Crippen LogP contribution in [0.4, 0.5) is 0 Å². The first-order valence-corrected chi connectivity index (χ1v) is 4.21. The number of rotatable bonds is 2. The van der Waals surface area contributed by atoms with Gasteiger partial charge in [0.2, 0.25) is 0 Å². The maximum atomic E-state index is 10.2. The fourth-order valence-corrected chi connectivity index (χ4v) is 1.16. The Bertz CT molecular complexity index is 359. The maximum absolute atomic E-state index is 10.2. The van der Waals surface area contributed by atoms with Gasteiger partial charge in [0.1, 0.15) is 0 Å². The van der Waals surface area contributed by atoms with E-state index in [9.17, 15) is 4.79 Å². The summed E-state index contributed by atoms with van der Waals surface area (Å²) in [4.78, 5) is 10.2. The lowest BCUT2D eigenvalue weighted by Gasteiger charge is -1.97. The highest BCUT2D eigenvalue weighted by Gasteiger charge is 1.97. The third kappa shape index (κ3) is 3.09. The topological polar surface area (TPSA) is 37.3 Å². The minimum atomic E-state index is -1.02. The van der Waals surface area contributed by atoms with Crippen molar-refractivity contribution < 1.29 is 9.90 Å². The molecule has 0 aliphatic heterocycles. The number of hydrogen-bond acceptors (Lipinski definition) is 1. The van der Waals surface area contributed by atoms with Crippen molar-refractivity contribution in [1.29, 1.82) is 0 Å². The smallest absolute Gasteiger partial charge is 0.328 e. The largest absolute Gasteiger partial charge is 0.478 e. The van der Waals surface area contributed by atoms with E-state index in [-0.39, 0.29) is 0 Å². The number of carbonyl (C=O) groups is 1. The van der Waals surface area contributed by atoms with E-state index >= 15 is 0 Å². The summed E-state index contributed by atoms with van der Waals surface area (Å²) in [6.45, 7) is 0. The minimum Gasteiger partial charge on any atom is -0.478 e. The number of carboxylic acids is 1. The van der Waals surface area contributed by atoms with Crippen LogP contribution in [0.5, 0.6) is 0 Å². The number of halogens is 2. The Morgan fingerprint density at radius 3 is 2.69 bits per heavy atom. The van der Waals surface area contributed by atoms with Gasteiger partial charge in [-0.25, -0.2) is 4.79 Å². The number of benzene rings is 1. The van der Waals surface area contributed by atoms with Gasteiger partial charge in [0, 0.05) is 16.1 Å². The molecule has 0 atom stereocenters. The molecule has 0 saturated heterocycles. The molecule has 1 rings (SSSR count). The molecule has 0 saturated carbocycles. The van der Waals surface area contributed by atoms with E-state index in [2.05, 4.69) is 0 Å². The average molecular weight is 217 g/mol. The van der Waals surface area contributed by atoms with Crippen LogP contribution in [-0.2, 0) is 4.79 Å². The number of carboxylic acid groups (broad SMARTS) is 1. The molecule has 0 heterocycles. The fourth-order valence-electron chi connectivity index (χ4n) is 0.803. The van der Waals surface area contributed by atoms with Crippen molar-refractivity contribution in [1.82, 2.24) is 0 Å². The van der Waals surface area contributed by atoms with E-state index in [0.29, 0.717) is 15.6 Å². The van der Waals surface area contributed by atoms with Gasteiger partial charge < -0.3 is 5.11 Å². The van der Waals surface area contributed by atoms with Crippen molar-refractivity contribution in [2.75, 3.05) is 0 Å². The molecule has 1 aromatic rings. The van der Waals surface area contributed by atoms with Crippen LogP contribution in [0.2, 0.25) is 10.0 Å². The molecule has 0 fully saturated rings. The van der Waals surface area contributed by atoms with Gasteiger partial charge in [-0.3, -0.25) is 0 Å².